The Morgan fingerprint density at radius 1 is 0.529 bits per heavy atom. The highest BCUT2D eigenvalue weighted by molar-refractivity contribution is 7.12. The molecule has 1 heterocycles. The van der Waals surface area contributed by atoms with Crippen LogP contribution in [0.1, 0.15) is 95.9 Å². The van der Waals surface area contributed by atoms with Crippen molar-refractivity contribution in [2.24, 2.45) is 0 Å². The Balaban J connectivity index is 1.78. The number of thiophene rings is 1. The van der Waals surface area contributed by atoms with Gasteiger partial charge in [0.15, 0.2) is 0 Å². The lowest BCUT2D eigenvalue weighted by Crippen LogP contribution is -2.24. The van der Waals surface area contributed by atoms with E-state index < -0.39 is 0 Å². The second-order valence-electron chi connectivity index (χ2n) is 6.76. The van der Waals surface area contributed by atoms with Crippen molar-refractivity contribution in [3.63, 3.8) is 0 Å². The van der Waals surface area contributed by atoms with Crippen LogP contribution in [0.3, 0.4) is 0 Å². The first-order valence-electron chi connectivity index (χ1n) is 7.58. The molecule has 0 nitrogen and oxygen atoms in total. The summed E-state index contributed by atoms with van der Waals surface area (Å²) in [5.41, 5.74) is 3.84. The largest absolute Gasteiger partial charge is 0.144 e. The monoisotopic (exact) mass is 244 g/mol. The average Bonchev–Trinajstić information content (AvgIpc) is 2.85. The van der Waals surface area contributed by atoms with E-state index >= 15 is 0 Å². The van der Waals surface area contributed by atoms with Crippen molar-refractivity contribution >= 4 is 11.3 Å². The maximum Gasteiger partial charge on any atom is 0.0117 e. The van der Waals surface area contributed by atoms with E-state index in [-0.39, 0.29) is 0 Å². The van der Waals surface area contributed by atoms with Crippen molar-refractivity contribution in [2.75, 3.05) is 0 Å². The molecule has 1 heteroatoms. The molecule has 0 radical (unpaired) electrons. The molecule has 1 aromatic rings. The van der Waals surface area contributed by atoms with Crippen molar-refractivity contribution in [3.8, 4) is 0 Å². The van der Waals surface area contributed by atoms with Crippen LogP contribution in [0.25, 0.3) is 0 Å². The molecule has 2 fully saturated rings. The third-order valence-electron chi connectivity index (χ3n) is 6.05. The van der Waals surface area contributed by atoms with Crippen molar-refractivity contribution in [3.05, 3.63) is 20.9 Å². The molecule has 6 aliphatic rings. The van der Waals surface area contributed by atoms with Crippen LogP contribution in [0.2, 0.25) is 0 Å². The van der Waals surface area contributed by atoms with E-state index in [1.165, 1.54) is 51.4 Å². The zero-order chi connectivity index (χ0) is 11.0. The van der Waals surface area contributed by atoms with E-state index in [1.807, 2.05) is 20.9 Å². The Kier molecular flexibility index (Phi) is 1.79. The van der Waals surface area contributed by atoms with Gasteiger partial charge in [-0.25, -0.2) is 0 Å². The molecule has 4 bridgehead atoms. The number of rotatable bonds is 0. The minimum atomic E-state index is 0.977. The van der Waals surface area contributed by atoms with Crippen LogP contribution < -0.4 is 0 Å². The first kappa shape index (κ1) is 9.61. The van der Waals surface area contributed by atoms with E-state index in [0.29, 0.717) is 0 Å². The van der Waals surface area contributed by atoms with Gasteiger partial charge in [-0.15, -0.1) is 11.3 Å². The van der Waals surface area contributed by atoms with Gasteiger partial charge in [-0.2, -0.15) is 0 Å². The summed E-state index contributed by atoms with van der Waals surface area (Å²) < 4.78 is 0. The zero-order valence-corrected chi connectivity index (χ0v) is 11.2. The quantitative estimate of drug-likeness (QED) is 0.584. The molecule has 0 aromatic carbocycles. The Hall–Kier alpha value is -0.300. The maximum atomic E-state index is 2.26. The standard InChI is InChI=1S/C16H20S/c1-5-11-6-2-9(1)13-14-10-3-7-12(8-4-10)16(14)17-15(11)13/h9-12H,1-8H2. The van der Waals surface area contributed by atoms with Gasteiger partial charge in [0.1, 0.15) is 0 Å². The van der Waals surface area contributed by atoms with Gasteiger partial charge < -0.3 is 0 Å². The Morgan fingerprint density at radius 2 is 0.882 bits per heavy atom. The molecule has 2 saturated carbocycles. The first-order chi connectivity index (χ1) is 8.42. The van der Waals surface area contributed by atoms with Gasteiger partial charge in [-0.1, -0.05) is 0 Å². The van der Waals surface area contributed by atoms with Crippen LogP contribution in [-0.2, 0) is 0 Å². The summed E-state index contributed by atoms with van der Waals surface area (Å²) in [5, 5.41) is 0. The van der Waals surface area contributed by atoms with Gasteiger partial charge in [0.05, 0.1) is 0 Å². The van der Waals surface area contributed by atoms with Gasteiger partial charge in [-0.3, -0.25) is 0 Å². The van der Waals surface area contributed by atoms with E-state index in [0.717, 1.165) is 23.7 Å². The highest BCUT2D eigenvalue weighted by atomic mass is 32.1. The van der Waals surface area contributed by atoms with Crippen LogP contribution in [0.5, 0.6) is 0 Å². The molecule has 90 valence electrons. The molecule has 0 aliphatic heterocycles. The fourth-order valence-corrected chi connectivity index (χ4v) is 7.05. The highest BCUT2D eigenvalue weighted by Gasteiger charge is 2.43. The minimum Gasteiger partial charge on any atom is -0.144 e. The summed E-state index contributed by atoms with van der Waals surface area (Å²) in [4.78, 5) is 3.74. The normalized spacial score (nSPS) is 41.4. The Labute approximate surface area is 107 Å². The van der Waals surface area contributed by atoms with Crippen molar-refractivity contribution in [1.82, 2.24) is 0 Å². The zero-order valence-electron chi connectivity index (χ0n) is 10.4. The molecule has 0 amide bonds. The molecule has 0 N–H and O–H groups in total. The third kappa shape index (κ3) is 1.10. The third-order valence-corrected chi connectivity index (χ3v) is 7.60. The van der Waals surface area contributed by atoms with Crippen molar-refractivity contribution in [1.29, 1.82) is 0 Å². The van der Waals surface area contributed by atoms with Gasteiger partial charge in [0.2, 0.25) is 0 Å². The topological polar surface area (TPSA) is 0 Å². The van der Waals surface area contributed by atoms with Crippen molar-refractivity contribution in [2.45, 2.75) is 75.0 Å². The van der Waals surface area contributed by atoms with E-state index in [2.05, 4.69) is 11.3 Å². The van der Waals surface area contributed by atoms with Gasteiger partial charge in [0.25, 0.3) is 0 Å². The molecule has 0 atom stereocenters. The predicted octanol–water partition coefficient (Wildman–Crippen LogP) is 5.26. The fraction of sp³-hybridized carbons (Fsp3) is 0.750. The Bertz CT molecular complexity index is 425. The van der Waals surface area contributed by atoms with Gasteiger partial charge in [-0.05, 0) is 86.2 Å². The number of hydrogen-bond donors (Lipinski definition) is 0. The fourth-order valence-electron chi connectivity index (χ4n) is 5.23. The number of hydrogen-bond acceptors (Lipinski definition) is 1. The van der Waals surface area contributed by atoms with Crippen LogP contribution in [-0.4, -0.2) is 0 Å². The SMILES string of the molecule is C1CC2CCC1c1sc3c(c12)C1CCC3CC1. The molecule has 0 saturated heterocycles. The first-order valence-corrected chi connectivity index (χ1v) is 8.40. The second-order valence-corrected chi connectivity index (χ2v) is 7.84. The molecule has 1 aromatic heterocycles. The minimum absolute atomic E-state index is 0.977. The molecule has 0 unspecified atom stereocenters. The second kappa shape index (κ2) is 3.17. The van der Waals surface area contributed by atoms with Crippen LogP contribution in [0.15, 0.2) is 0 Å². The van der Waals surface area contributed by atoms with Crippen molar-refractivity contribution < 1.29 is 0 Å². The van der Waals surface area contributed by atoms with Gasteiger partial charge >= 0.3 is 0 Å². The summed E-state index contributed by atoms with van der Waals surface area (Å²) in [7, 11) is 0. The Morgan fingerprint density at radius 3 is 1.29 bits per heavy atom. The smallest absolute Gasteiger partial charge is 0.0117 e. The summed E-state index contributed by atoms with van der Waals surface area (Å²) >= 11 is 2.26. The van der Waals surface area contributed by atoms with Crippen LogP contribution >= 0.6 is 11.3 Å². The molecular weight excluding hydrogens is 224 g/mol. The average molecular weight is 244 g/mol. The van der Waals surface area contributed by atoms with E-state index in [9.17, 15) is 0 Å². The summed E-state index contributed by atoms with van der Waals surface area (Å²) in [6, 6.07) is 0. The lowest BCUT2D eigenvalue weighted by molar-refractivity contribution is 0.339. The maximum absolute atomic E-state index is 2.26. The molecule has 7 rings (SSSR count). The molecule has 6 aliphatic carbocycles. The van der Waals surface area contributed by atoms with Gasteiger partial charge in [0, 0.05) is 9.75 Å². The number of fused-ring (bicyclic) bond motifs is 4. The molecular formula is C16H20S. The summed E-state index contributed by atoms with van der Waals surface area (Å²) in [5.74, 6) is 3.92. The van der Waals surface area contributed by atoms with Crippen LogP contribution in [0.4, 0.5) is 0 Å². The van der Waals surface area contributed by atoms with E-state index in [4.69, 9.17) is 0 Å². The van der Waals surface area contributed by atoms with Crippen LogP contribution in [0, 0.1) is 0 Å². The molecule has 17 heavy (non-hydrogen) atoms. The highest BCUT2D eigenvalue weighted by Crippen LogP contribution is 2.61. The van der Waals surface area contributed by atoms with E-state index in [1.54, 1.807) is 0 Å². The lowest BCUT2D eigenvalue weighted by atomic mass is 9.63. The lowest BCUT2D eigenvalue weighted by Gasteiger charge is -2.40. The summed E-state index contributed by atoms with van der Waals surface area (Å²) in [6.07, 6.45) is 12.1. The summed E-state index contributed by atoms with van der Waals surface area (Å²) in [6.45, 7) is 0. The predicted molar refractivity (Wildman–Crippen MR) is 72.2 cm³/mol. The molecule has 0 spiro atoms.